The molecule has 1 saturated heterocycles. The number of rotatable bonds is 5. The first-order chi connectivity index (χ1) is 11.8. The Morgan fingerprint density at radius 2 is 2.33 bits per heavy atom. The number of morpholine rings is 1. The van der Waals surface area contributed by atoms with Crippen molar-refractivity contribution in [2.75, 3.05) is 37.8 Å². The molecule has 7 nitrogen and oxygen atoms in total. The van der Waals surface area contributed by atoms with Crippen molar-refractivity contribution in [1.82, 2.24) is 9.97 Å². The van der Waals surface area contributed by atoms with Gasteiger partial charge in [-0.1, -0.05) is 12.1 Å². The number of aliphatic hydroxyl groups is 1. The van der Waals surface area contributed by atoms with E-state index in [1.54, 1.807) is 12.3 Å². The molecule has 0 spiro atoms. The Bertz CT molecular complexity index is 732. The molecule has 1 aromatic carbocycles. The van der Waals surface area contributed by atoms with Gasteiger partial charge in [0.2, 0.25) is 5.88 Å². The molecule has 3 rings (SSSR count). The normalized spacial score (nSPS) is 17.3. The molecule has 1 aromatic heterocycles. The van der Waals surface area contributed by atoms with Crippen molar-refractivity contribution in [3.05, 3.63) is 47.8 Å². The SMILES string of the molecule is N#Cc1cccc(C2CN(c3cncc(OCCO)n3)CCO2)c1. The monoisotopic (exact) mass is 326 g/mol. The molecule has 1 fully saturated rings. The van der Waals surface area contributed by atoms with Crippen molar-refractivity contribution in [3.8, 4) is 11.9 Å². The molecule has 1 atom stereocenters. The minimum atomic E-state index is -0.129. The van der Waals surface area contributed by atoms with E-state index in [9.17, 15) is 0 Å². The summed E-state index contributed by atoms with van der Waals surface area (Å²) < 4.78 is 11.2. The van der Waals surface area contributed by atoms with E-state index < -0.39 is 0 Å². The first-order valence-electron chi connectivity index (χ1n) is 7.72. The minimum Gasteiger partial charge on any atom is -0.474 e. The molecule has 1 unspecified atom stereocenters. The molecule has 7 heteroatoms. The molecule has 0 bridgehead atoms. The molecule has 2 aromatic rings. The van der Waals surface area contributed by atoms with E-state index in [4.69, 9.17) is 19.8 Å². The van der Waals surface area contributed by atoms with Gasteiger partial charge in [0.05, 0.1) is 37.2 Å². The number of benzene rings is 1. The Kier molecular flexibility index (Phi) is 5.21. The highest BCUT2D eigenvalue weighted by atomic mass is 16.5. The molecular weight excluding hydrogens is 308 g/mol. The van der Waals surface area contributed by atoms with Gasteiger partial charge >= 0.3 is 0 Å². The Balaban J connectivity index is 1.74. The first-order valence-corrected chi connectivity index (χ1v) is 7.72. The third kappa shape index (κ3) is 3.79. The van der Waals surface area contributed by atoms with Crippen molar-refractivity contribution in [1.29, 1.82) is 5.26 Å². The summed E-state index contributed by atoms with van der Waals surface area (Å²) in [6.07, 6.45) is 3.07. The lowest BCUT2D eigenvalue weighted by Gasteiger charge is -2.33. The third-order valence-electron chi connectivity index (χ3n) is 3.72. The summed E-state index contributed by atoms with van der Waals surface area (Å²) in [7, 11) is 0. The molecule has 2 heterocycles. The predicted octanol–water partition coefficient (Wildman–Crippen LogP) is 1.30. The number of hydrogen-bond acceptors (Lipinski definition) is 7. The smallest absolute Gasteiger partial charge is 0.234 e. The maximum atomic E-state index is 9.04. The largest absolute Gasteiger partial charge is 0.474 e. The second kappa shape index (κ2) is 7.73. The van der Waals surface area contributed by atoms with E-state index in [1.807, 2.05) is 18.2 Å². The zero-order chi connectivity index (χ0) is 16.8. The van der Waals surface area contributed by atoms with Gasteiger partial charge in [-0.25, -0.2) is 0 Å². The van der Waals surface area contributed by atoms with E-state index in [0.29, 0.717) is 37.0 Å². The fourth-order valence-electron chi connectivity index (χ4n) is 2.58. The Morgan fingerprint density at radius 1 is 1.42 bits per heavy atom. The van der Waals surface area contributed by atoms with Gasteiger partial charge in [0, 0.05) is 13.1 Å². The summed E-state index contributed by atoms with van der Waals surface area (Å²) in [4.78, 5) is 10.6. The summed E-state index contributed by atoms with van der Waals surface area (Å²) in [6.45, 7) is 2.00. The van der Waals surface area contributed by atoms with E-state index in [2.05, 4.69) is 20.9 Å². The van der Waals surface area contributed by atoms with Crippen LogP contribution in [-0.2, 0) is 4.74 Å². The van der Waals surface area contributed by atoms with Gasteiger partial charge in [-0.3, -0.25) is 4.98 Å². The second-order valence-electron chi connectivity index (χ2n) is 5.33. The number of nitrogens with zero attached hydrogens (tertiary/aromatic N) is 4. The van der Waals surface area contributed by atoms with Crippen molar-refractivity contribution in [2.45, 2.75) is 6.10 Å². The van der Waals surface area contributed by atoms with Crippen LogP contribution in [0.1, 0.15) is 17.2 Å². The van der Waals surface area contributed by atoms with Gasteiger partial charge in [-0.05, 0) is 17.7 Å². The van der Waals surface area contributed by atoms with Gasteiger partial charge in [-0.2, -0.15) is 10.2 Å². The summed E-state index contributed by atoms with van der Waals surface area (Å²) in [6, 6.07) is 9.59. The van der Waals surface area contributed by atoms with Gasteiger partial charge in [0.25, 0.3) is 0 Å². The number of anilines is 1. The molecule has 0 saturated carbocycles. The molecule has 1 aliphatic rings. The highest BCUT2D eigenvalue weighted by Crippen LogP contribution is 2.26. The molecule has 0 aliphatic carbocycles. The van der Waals surface area contributed by atoms with Crippen molar-refractivity contribution < 1.29 is 14.6 Å². The van der Waals surface area contributed by atoms with E-state index in [0.717, 1.165) is 5.56 Å². The maximum Gasteiger partial charge on any atom is 0.234 e. The molecule has 1 N–H and O–H groups in total. The first kappa shape index (κ1) is 16.2. The average molecular weight is 326 g/mol. The van der Waals surface area contributed by atoms with Crippen LogP contribution in [0, 0.1) is 11.3 Å². The second-order valence-corrected chi connectivity index (χ2v) is 5.33. The number of ether oxygens (including phenoxy) is 2. The van der Waals surface area contributed by atoms with Crippen LogP contribution in [0.5, 0.6) is 5.88 Å². The van der Waals surface area contributed by atoms with Crippen molar-refractivity contribution >= 4 is 5.82 Å². The number of aliphatic hydroxyl groups excluding tert-OH is 1. The number of aromatic nitrogens is 2. The standard InChI is InChI=1S/C17H18N4O3/c18-9-13-2-1-3-14(8-13)15-12-21(4-6-23-15)16-10-19-11-17(20-16)24-7-5-22/h1-3,8,10-11,15,22H,4-7,12H2. The Labute approximate surface area is 140 Å². The molecular formula is C17H18N4O3. The van der Waals surface area contributed by atoms with Gasteiger partial charge in [0.1, 0.15) is 12.7 Å². The summed E-state index contributed by atoms with van der Waals surface area (Å²) in [5.74, 6) is 1.09. The quantitative estimate of drug-likeness (QED) is 0.885. The van der Waals surface area contributed by atoms with Gasteiger partial charge in [0.15, 0.2) is 5.82 Å². The molecule has 1 aliphatic heterocycles. The lowest BCUT2D eigenvalue weighted by molar-refractivity contribution is 0.0394. The molecule has 0 amide bonds. The summed E-state index contributed by atoms with van der Waals surface area (Å²) in [5.41, 5.74) is 1.59. The highest BCUT2D eigenvalue weighted by molar-refractivity contribution is 5.40. The zero-order valence-electron chi connectivity index (χ0n) is 13.1. The Morgan fingerprint density at radius 3 is 3.17 bits per heavy atom. The predicted molar refractivity (Wildman–Crippen MR) is 86.7 cm³/mol. The minimum absolute atomic E-state index is 0.0687. The Hall–Kier alpha value is -2.69. The third-order valence-corrected chi connectivity index (χ3v) is 3.72. The van der Waals surface area contributed by atoms with Crippen LogP contribution < -0.4 is 9.64 Å². The lowest BCUT2D eigenvalue weighted by atomic mass is 10.1. The van der Waals surface area contributed by atoms with Gasteiger partial charge < -0.3 is 19.5 Å². The maximum absolute atomic E-state index is 9.04. The molecule has 0 radical (unpaired) electrons. The fourth-order valence-corrected chi connectivity index (χ4v) is 2.58. The van der Waals surface area contributed by atoms with Crippen LogP contribution in [0.2, 0.25) is 0 Å². The number of hydrogen-bond donors (Lipinski definition) is 1. The van der Waals surface area contributed by atoms with Crippen LogP contribution in [0.25, 0.3) is 0 Å². The average Bonchev–Trinajstić information content (AvgIpc) is 2.67. The number of nitriles is 1. The summed E-state index contributed by atoms with van der Waals surface area (Å²) in [5, 5.41) is 17.9. The zero-order valence-corrected chi connectivity index (χ0v) is 13.1. The van der Waals surface area contributed by atoms with Crippen molar-refractivity contribution in [2.24, 2.45) is 0 Å². The molecule has 24 heavy (non-hydrogen) atoms. The topological polar surface area (TPSA) is 91.5 Å². The van der Waals surface area contributed by atoms with E-state index >= 15 is 0 Å². The van der Waals surface area contributed by atoms with Crippen LogP contribution in [0.3, 0.4) is 0 Å². The van der Waals surface area contributed by atoms with Crippen LogP contribution >= 0.6 is 0 Å². The van der Waals surface area contributed by atoms with E-state index in [1.165, 1.54) is 6.20 Å². The fraction of sp³-hybridized carbons (Fsp3) is 0.353. The van der Waals surface area contributed by atoms with Gasteiger partial charge in [-0.15, -0.1) is 0 Å². The lowest BCUT2D eigenvalue weighted by Crippen LogP contribution is -2.39. The van der Waals surface area contributed by atoms with E-state index in [-0.39, 0.29) is 19.3 Å². The van der Waals surface area contributed by atoms with Crippen LogP contribution in [-0.4, -0.2) is 48.0 Å². The van der Waals surface area contributed by atoms with Crippen molar-refractivity contribution in [3.63, 3.8) is 0 Å². The van der Waals surface area contributed by atoms with Crippen LogP contribution in [0.15, 0.2) is 36.7 Å². The van der Waals surface area contributed by atoms with Crippen LogP contribution in [0.4, 0.5) is 5.82 Å². The summed E-state index contributed by atoms with van der Waals surface area (Å²) >= 11 is 0. The molecule has 124 valence electrons. The highest BCUT2D eigenvalue weighted by Gasteiger charge is 2.23.